The molecule has 0 heterocycles. The van der Waals surface area contributed by atoms with Gasteiger partial charge >= 0.3 is 5.97 Å². The SMILES string of the molecule is CC(=O)Nc1ccc(C(=O)Oc2ccccc2C#N)cc1. The van der Waals surface area contributed by atoms with Crippen LogP contribution in [0, 0.1) is 11.3 Å². The highest BCUT2D eigenvalue weighted by Crippen LogP contribution is 2.19. The van der Waals surface area contributed by atoms with E-state index in [1.54, 1.807) is 48.5 Å². The molecule has 5 heteroatoms. The summed E-state index contributed by atoms with van der Waals surface area (Å²) in [5.41, 5.74) is 1.22. The lowest BCUT2D eigenvalue weighted by Crippen LogP contribution is -2.10. The molecule has 1 amide bonds. The third-order valence-electron chi connectivity index (χ3n) is 2.65. The predicted molar refractivity (Wildman–Crippen MR) is 76.9 cm³/mol. The number of ether oxygens (including phenoxy) is 1. The molecule has 0 saturated heterocycles. The highest BCUT2D eigenvalue weighted by atomic mass is 16.5. The van der Waals surface area contributed by atoms with Gasteiger partial charge in [-0.3, -0.25) is 4.79 Å². The van der Waals surface area contributed by atoms with E-state index in [0.717, 1.165) is 0 Å². The Morgan fingerprint density at radius 3 is 2.38 bits per heavy atom. The third kappa shape index (κ3) is 3.67. The van der Waals surface area contributed by atoms with Crippen molar-refractivity contribution >= 4 is 17.6 Å². The number of nitriles is 1. The van der Waals surface area contributed by atoms with Crippen LogP contribution in [0.1, 0.15) is 22.8 Å². The Morgan fingerprint density at radius 1 is 1.10 bits per heavy atom. The van der Waals surface area contributed by atoms with Crippen molar-refractivity contribution in [3.63, 3.8) is 0 Å². The summed E-state index contributed by atoms with van der Waals surface area (Å²) in [7, 11) is 0. The lowest BCUT2D eigenvalue weighted by Gasteiger charge is -2.06. The van der Waals surface area contributed by atoms with E-state index in [1.165, 1.54) is 6.92 Å². The normalized spacial score (nSPS) is 9.52. The number of amides is 1. The number of nitrogens with zero attached hydrogens (tertiary/aromatic N) is 1. The molecule has 0 aliphatic rings. The summed E-state index contributed by atoms with van der Waals surface area (Å²) in [6.07, 6.45) is 0. The smallest absolute Gasteiger partial charge is 0.343 e. The molecule has 0 radical (unpaired) electrons. The van der Waals surface area contributed by atoms with Gasteiger partial charge in [0, 0.05) is 12.6 Å². The molecule has 1 N–H and O–H groups in total. The van der Waals surface area contributed by atoms with Crippen LogP contribution < -0.4 is 10.1 Å². The van der Waals surface area contributed by atoms with Gasteiger partial charge in [-0.05, 0) is 36.4 Å². The van der Waals surface area contributed by atoms with Crippen molar-refractivity contribution in [3.8, 4) is 11.8 Å². The molecule has 2 aromatic carbocycles. The predicted octanol–water partition coefficient (Wildman–Crippen LogP) is 2.74. The van der Waals surface area contributed by atoms with Crippen LogP contribution in [0.5, 0.6) is 5.75 Å². The van der Waals surface area contributed by atoms with Crippen molar-refractivity contribution in [2.75, 3.05) is 5.32 Å². The molecule has 5 nitrogen and oxygen atoms in total. The summed E-state index contributed by atoms with van der Waals surface area (Å²) in [4.78, 5) is 22.9. The molecule has 0 unspecified atom stereocenters. The number of para-hydroxylation sites is 1. The largest absolute Gasteiger partial charge is 0.422 e. The second-order valence-corrected chi connectivity index (χ2v) is 4.26. The number of carbonyl (C=O) groups excluding carboxylic acids is 2. The van der Waals surface area contributed by atoms with Crippen LogP contribution in [-0.2, 0) is 4.79 Å². The van der Waals surface area contributed by atoms with Gasteiger partial charge in [-0.25, -0.2) is 4.79 Å². The van der Waals surface area contributed by atoms with Gasteiger partial charge < -0.3 is 10.1 Å². The number of benzene rings is 2. The first-order valence-electron chi connectivity index (χ1n) is 6.19. The molecular formula is C16H12N2O3. The minimum atomic E-state index is -0.563. The Morgan fingerprint density at radius 2 is 1.76 bits per heavy atom. The molecule has 0 fully saturated rings. The molecule has 0 bridgehead atoms. The second-order valence-electron chi connectivity index (χ2n) is 4.26. The number of esters is 1. The van der Waals surface area contributed by atoms with Crippen molar-refractivity contribution in [1.82, 2.24) is 0 Å². The van der Waals surface area contributed by atoms with Crippen LogP contribution in [0.4, 0.5) is 5.69 Å². The van der Waals surface area contributed by atoms with Gasteiger partial charge in [0.25, 0.3) is 0 Å². The quantitative estimate of drug-likeness (QED) is 0.692. The van der Waals surface area contributed by atoms with Crippen molar-refractivity contribution in [1.29, 1.82) is 5.26 Å². The summed E-state index contributed by atoms with van der Waals surface area (Å²) in [5.74, 6) is -0.531. The minimum absolute atomic E-state index is 0.187. The van der Waals surface area contributed by atoms with Gasteiger partial charge in [0.1, 0.15) is 11.8 Å². The van der Waals surface area contributed by atoms with Crippen molar-refractivity contribution in [2.24, 2.45) is 0 Å². The zero-order valence-electron chi connectivity index (χ0n) is 11.3. The summed E-state index contributed by atoms with van der Waals surface area (Å²) in [6.45, 7) is 1.40. The van der Waals surface area contributed by atoms with E-state index >= 15 is 0 Å². The second kappa shape index (κ2) is 6.35. The van der Waals surface area contributed by atoms with E-state index in [4.69, 9.17) is 10.00 Å². The van der Waals surface area contributed by atoms with Crippen LogP contribution in [-0.4, -0.2) is 11.9 Å². The molecule has 104 valence electrons. The average Bonchev–Trinajstić information content (AvgIpc) is 2.48. The zero-order valence-corrected chi connectivity index (χ0v) is 11.3. The van der Waals surface area contributed by atoms with Gasteiger partial charge in [-0.2, -0.15) is 5.26 Å². The van der Waals surface area contributed by atoms with Crippen LogP contribution in [0.15, 0.2) is 48.5 Å². The van der Waals surface area contributed by atoms with Crippen molar-refractivity contribution in [2.45, 2.75) is 6.92 Å². The van der Waals surface area contributed by atoms with E-state index in [1.807, 2.05) is 6.07 Å². The van der Waals surface area contributed by atoms with E-state index < -0.39 is 5.97 Å². The molecule has 21 heavy (non-hydrogen) atoms. The van der Waals surface area contributed by atoms with Crippen LogP contribution in [0.25, 0.3) is 0 Å². The first-order valence-corrected chi connectivity index (χ1v) is 6.19. The van der Waals surface area contributed by atoms with Crippen molar-refractivity contribution in [3.05, 3.63) is 59.7 Å². The fourth-order valence-electron chi connectivity index (χ4n) is 1.70. The Kier molecular flexibility index (Phi) is 4.32. The third-order valence-corrected chi connectivity index (χ3v) is 2.65. The monoisotopic (exact) mass is 280 g/mol. The lowest BCUT2D eigenvalue weighted by molar-refractivity contribution is -0.114. The van der Waals surface area contributed by atoms with Gasteiger partial charge in [0.2, 0.25) is 5.91 Å². The summed E-state index contributed by atoms with van der Waals surface area (Å²) in [5, 5.41) is 11.5. The number of hydrogen-bond donors (Lipinski definition) is 1. The molecule has 0 aromatic heterocycles. The molecular weight excluding hydrogens is 268 g/mol. The van der Waals surface area contributed by atoms with Gasteiger partial charge in [-0.1, -0.05) is 12.1 Å². The van der Waals surface area contributed by atoms with Gasteiger partial charge in [0.05, 0.1) is 11.1 Å². The number of anilines is 1. The summed E-state index contributed by atoms with van der Waals surface area (Å²) in [6, 6.07) is 14.8. The van der Waals surface area contributed by atoms with Crippen LogP contribution in [0.3, 0.4) is 0 Å². The number of nitrogens with one attached hydrogen (secondary N) is 1. The number of carbonyl (C=O) groups is 2. The Bertz CT molecular complexity index is 715. The van der Waals surface area contributed by atoms with E-state index in [-0.39, 0.29) is 11.7 Å². The lowest BCUT2D eigenvalue weighted by atomic mass is 10.2. The fraction of sp³-hybridized carbons (Fsp3) is 0.0625. The molecule has 0 aliphatic carbocycles. The topological polar surface area (TPSA) is 79.2 Å². The highest BCUT2D eigenvalue weighted by Gasteiger charge is 2.11. The molecule has 2 rings (SSSR count). The van der Waals surface area contributed by atoms with Gasteiger partial charge in [-0.15, -0.1) is 0 Å². The maximum absolute atomic E-state index is 12.0. The van der Waals surface area contributed by atoms with E-state index in [9.17, 15) is 9.59 Å². The van der Waals surface area contributed by atoms with Crippen LogP contribution in [0.2, 0.25) is 0 Å². The summed E-state index contributed by atoms with van der Waals surface area (Å²) < 4.78 is 5.19. The minimum Gasteiger partial charge on any atom is -0.422 e. The van der Waals surface area contributed by atoms with E-state index in [0.29, 0.717) is 16.8 Å². The first kappa shape index (κ1) is 14.3. The van der Waals surface area contributed by atoms with E-state index in [2.05, 4.69) is 5.32 Å². The summed E-state index contributed by atoms with van der Waals surface area (Å²) >= 11 is 0. The van der Waals surface area contributed by atoms with Gasteiger partial charge in [0.15, 0.2) is 0 Å². The van der Waals surface area contributed by atoms with Crippen LogP contribution >= 0.6 is 0 Å². The standard InChI is InChI=1S/C16H12N2O3/c1-11(19)18-14-8-6-12(7-9-14)16(20)21-15-5-3-2-4-13(15)10-17/h2-9H,1H3,(H,18,19). The molecule has 0 saturated carbocycles. The Balaban J connectivity index is 2.14. The number of hydrogen-bond acceptors (Lipinski definition) is 4. The number of rotatable bonds is 3. The highest BCUT2D eigenvalue weighted by molar-refractivity contribution is 5.93. The molecule has 2 aromatic rings. The molecule has 0 spiro atoms. The zero-order chi connectivity index (χ0) is 15.2. The average molecular weight is 280 g/mol. The maximum Gasteiger partial charge on any atom is 0.343 e. The molecule has 0 aliphatic heterocycles. The molecule has 0 atom stereocenters. The first-order chi connectivity index (χ1) is 10.1. The maximum atomic E-state index is 12.0. The fourth-order valence-corrected chi connectivity index (χ4v) is 1.70. The Hall–Kier alpha value is -3.13. The van der Waals surface area contributed by atoms with Crippen molar-refractivity contribution < 1.29 is 14.3 Å². The Labute approximate surface area is 121 Å².